The van der Waals surface area contributed by atoms with Crippen LogP contribution in [-0.4, -0.2) is 33.4 Å². The van der Waals surface area contributed by atoms with Crippen molar-refractivity contribution in [2.75, 3.05) is 12.8 Å². The van der Waals surface area contributed by atoms with Crippen molar-refractivity contribution < 1.29 is 4.74 Å². The Balaban J connectivity index is 2.33. The van der Waals surface area contributed by atoms with Gasteiger partial charge >= 0.3 is 0 Å². The lowest BCUT2D eigenvalue weighted by Crippen LogP contribution is -2.16. The zero-order valence-corrected chi connectivity index (χ0v) is 10.8. The number of hydrogen-bond acceptors (Lipinski definition) is 5. The molecule has 6 nitrogen and oxygen atoms in total. The van der Waals surface area contributed by atoms with Crippen LogP contribution in [0.4, 0.5) is 5.69 Å². The van der Waals surface area contributed by atoms with Crippen molar-refractivity contribution in [2.45, 2.75) is 26.5 Å². The van der Waals surface area contributed by atoms with Crippen LogP contribution in [0.1, 0.15) is 12.5 Å². The summed E-state index contributed by atoms with van der Waals surface area (Å²) in [5, 5.41) is 11.7. The summed E-state index contributed by atoms with van der Waals surface area (Å²) in [6.07, 6.45) is 0.0575. The highest BCUT2D eigenvalue weighted by Gasteiger charge is 2.12. The maximum absolute atomic E-state index is 5.80. The molecular formula is C12H17N5O. The third-order valence-electron chi connectivity index (χ3n) is 2.89. The first-order valence-corrected chi connectivity index (χ1v) is 5.77. The van der Waals surface area contributed by atoms with Gasteiger partial charge in [-0.1, -0.05) is 0 Å². The van der Waals surface area contributed by atoms with Gasteiger partial charge in [-0.05, 0) is 48.0 Å². The number of rotatable bonds is 4. The number of aryl methyl sites for hydroxylation is 1. The van der Waals surface area contributed by atoms with Gasteiger partial charge in [-0.15, -0.1) is 5.10 Å². The minimum atomic E-state index is 0.0575. The number of aromatic nitrogens is 4. The minimum Gasteiger partial charge on any atom is -0.399 e. The van der Waals surface area contributed by atoms with Crippen LogP contribution in [0.25, 0.3) is 11.4 Å². The van der Waals surface area contributed by atoms with Crippen LogP contribution in [0, 0.1) is 6.92 Å². The number of methoxy groups -OCH3 is 1. The van der Waals surface area contributed by atoms with Gasteiger partial charge in [0.1, 0.15) is 0 Å². The lowest BCUT2D eigenvalue weighted by atomic mass is 10.1. The Bertz CT molecular complexity index is 537. The van der Waals surface area contributed by atoms with Crippen molar-refractivity contribution in [3.8, 4) is 11.4 Å². The first-order valence-electron chi connectivity index (χ1n) is 5.77. The molecule has 0 bridgehead atoms. The first kappa shape index (κ1) is 12.5. The fraction of sp³-hybridized carbons (Fsp3) is 0.417. The zero-order valence-electron chi connectivity index (χ0n) is 10.8. The first-order chi connectivity index (χ1) is 8.61. The highest BCUT2D eigenvalue weighted by atomic mass is 16.5. The van der Waals surface area contributed by atoms with Gasteiger partial charge in [0.15, 0.2) is 5.82 Å². The van der Waals surface area contributed by atoms with Gasteiger partial charge in [-0.25, -0.2) is 4.68 Å². The molecule has 0 amide bonds. The van der Waals surface area contributed by atoms with E-state index in [0.29, 0.717) is 6.54 Å². The zero-order chi connectivity index (χ0) is 13.1. The topological polar surface area (TPSA) is 78.8 Å². The fourth-order valence-corrected chi connectivity index (χ4v) is 1.67. The van der Waals surface area contributed by atoms with Crippen LogP contribution in [-0.2, 0) is 11.3 Å². The number of ether oxygens (including phenoxy) is 1. The Labute approximate surface area is 106 Å². The van der Waals surface area contributed by atoms with E-state index in [2.05, 4.69) is 15.5 Å². The van der Waals surface area contributed by atoms with E-state index in [9.17, 15) is 0 Å². The molecule has 1 unspecified atom stereocenters. The largest absolute Gasteiger partial charge is 0.399 e. The van der Waals surface area contributed by atoms with E-state index < -0.39 is 0 Å². The molecule has 0 saturated carbocycles. The molecule has 0 spiro atoms. The van der Waals surface area contributed by atoms with Crippen molar-refractivity contribution in [1.82, 2.24) is 20.2 Å². The minimum absolute atomic E-state index is 0.0575. The Morgan fingerprint density at radius 3 is 2.89 bits per heavy atom. The summed E-state index contributed by atoms with van der Waals surface area (Å²) >= 11 is 0. The van der Waals surface area contributed by atoms with Gasteiger partial charge in [0, 0.05) is 18.4 Å². The maximum atomic E-state index is 5.80. The van der Waals surface area contributed by atoms with Gasteiger partial charge in [0.2, 0.25) is 0 Å². The number of tetrazole rings is 1. The summed E-state index contributed by atoms with van der Waals surface area (Å²) < 4.78 is 6.96. The van der Waals surface area contributed by atoms with Crippen LogP contribution in [0.2, 0.25) is 0 Å². The predicted octanol–water partition coefficient (Wildman–Crippen LogP) is 1.27. The summed E-state index contributed by atoms with van der Waals surface area (Å²) in [6.45, 7) is 4.55. The number of nitrogens with two attached hydrogens (primary N) is 1. The molecule has 2 aromatic rings. The maximum Gasteiger partial charge on any atom is 0.182 e. The molecular weight excluding hydrogens is 230 g/mol. The number of anilines is 1. The molecule has 1 aromatic heterocycles. The van der Waals surface area contributed by atoms with Crippen molar-refractivity contribution in [3.63, 3.8) is 0 Å². The smallest absolute Gasteiger partial charge is 0.182 e. The Morgan fingerprint density at radius 1 is 1.44 bits per heavy atom. The summed E-state index contributed by atoms with van der Waals surface area (Å²) in [6, 6.07) is 5.76. The third-order valence-corrected chi connectivity index (χ3v) is 2.89. The molecule has 0 saturated heterocycles. The van der Waals surface area contributed by atoms with Crippen LogP contribution in [0.5, 0.6) is 0 Å². The van der Waals surface area contributed by atoms with E-state index in [1.807, 2.05) is 32.0 Å². The SMILES string of the molecule is COC(C)Cn1nnnc1-c1ccc(N)c(C)c1. The van der Waals surface area contributed by atoms with Crippen molar-refractivity contribution in [3.05, 3.63) is 23.8 Å². The Kier molecular flexibility index (Phi) is 3.57. The van der Waals surface area contributed by atoms with E-state index >= 15 is 0 Å². The average molecular weight is 247 g/mol. The number of benzene rings is 1. The fourth-order valence-electron chi connectivity index (χ4n) is 1.67. The van der Waals surface area contributed by atoms with Crippen LogP contribution < -0.4 is 5.73 Å². The van der Waals surface area contributed by atoms with Crippen molar-refractivity contribution in [2.24, 2.45) is 0 Å². The molecule has 0 radical (unpaired) electrons. The molecule has 0 aliphatic carbocycles. The molecule has 6 heteroatoms. The lowest BCUT2D eigenvalue weighted by Gasteiger charge is -2.10. The van der Waals surface area contributed by atoms with E-state index in [1.54, 1.807) is 11.8 Å². The van der Waals surface area contributed by atoms with Crippen LogP contribution in [0.3, 0.4) is 0 Å². The Morgan fingerprint density at radius 2 is 2.22 bits per heavy atom. The highest BCUT2D eigenvalue weighted by Crippen LogP contribution is 2.21. The van der Waals surface area contributed by atoms with E-state index in [4.69, 9.17) is 10.5 Å². The van der Waals surface area contributed by atoms with E-state index in [0.717, 1.165) is 22.6 Å². The highest BCUT2D eigenvalue weighted by molar-refractivity contribution is 5.61. The standard InChI is InChI=1S/C12H17N5O/c1-8-6-10(4-5-11(8)13)12-14-15-16-17(12)7-9(2)18-3/h4-6,9H,7,13H2,1-3H3. The monoisotopic (exact) mass is 247 g/mol. The van der Waals surface area contributed by atoms with Gasteiger partial charge in [-0.2, -0.15) is 0 Å². The number of nitrogen functional groups attached to an aromatic ring is 1. The van der Waals surface area contributed by atoms with Gasteiger partial charge < -0.3 is 10.5 Å². The molecule has 2 rings (SSSR count). The predicted molar refractivity (Wildman–Crippen MR) is 68.9 cm³/mol. The molecule has 1 heterocycles. The number of nitrogens with zero attached hydrogens (tertiary/aromatic N) is 4. The van der Waals surface area contributed by atoms with Gasteiger partial charge in [0.25, 0.3) is 0 Å². The second-order valence-electron chi connectivity index (χ2n) is 4.30. The number of hydrogen-bond donors (Lipinski definition) is 1. The molecule has 1 aromatic carbocycles. The normalized spacial score (nSPS) is 12.6. The molecule has 96 valence electrons. The quantitative estimate of drug-likeness (QED) is 0.823. The summed E-state index contributed by atoms with van der Waals surface area (Å²) in [5.74, 6) is 0.724. The molecule has 2 N–H and O–H groups in total. The second kappa shape index (κ2) is 5.14. The Hall–Kier alpha value is -1.95. The second-order valence-corrected chi connectivity index (χ2v) is 4.30. The van der Waals surface area contributed by atoms with Crippen LogP contribution in [0.15, 0.2) is 18.2 Å². The van der Waals surface area contributed by atoms with Gasteiger partial charge in [0.05, 0.1) is 12.6 Å². The molecule has 0 aliphatic rings. The molecule has 18 heavy (non-hydrogen) atoms. The molecule has 0 aliphatic heterocycles. The molecule has 0 fully saturated rings. The van der Waals surface area contributed by atoms with E-state index in [1.165, 1.54) is 0 Å². The van der Waals surface area contributed by atoms with Crippen molar-refractivity contribution in [1.29, 1.82) is 0 Å². The summed E-state index contributed by atoms with van der Waals surface area (Å²) in [5.41, 5.74) is 8.54. The van der Waals surface area contributed by atoms with Gasteiger partial charge in [-0.3, -0.25) is 0 Å². The average Bonchev–Trinajstić information content (AvgIpc) is 2.80. The molecule has 1 atom stereocenters. The third kappa shape index (κ3) is 2.48. The lowest BCUT2D eigenvalue weighted by molar-refractivity contribution is 0.0997. The van der Waals surface area contributed by atoms with Crippen molar-refractivity contribution >= 4 is 5.69 Å². The summed E-state index contributed by atoms with van der Waals surface area (Å²) in [4.78, 5) is 0. The summed E-state index contributed by atoms with van der Waals surface area (Å²) in [7, 11) is 1.67. The van der Waals surface area contributed by atoms with Crippen LogP contribution >= 0.6 is 0 Å². The van der Waals surface area contributed by atoms with E-state index in [-0.39, 0.29) is 6.10 Å².